The second-order valence-corrected chi connectivity index (χ2v) is 1.83. The lowest BCUT2D eigenvalue weighted by atomic mass is 10.8. The molecule has 1 nitrogen and oxygen atoms in total. The molecule has 0 aromatic heterocycles. The first-order valence-corrected chi connectivity index (χ1v) is 2.98. The number of rotatable bonds is 0. The third kappa shape index (κ3) is 3.41. The lowest BCUT2D eigenvalue weighted by Crippen LogP contribution is -1.69. The van der Waals surface area contributed by atoms with Crippen molar-refractivity contribution in [3.63, 3.8) is 0 Å². The van der Waals surface area contributed by atoms with Gasteiger partial charge in [0.2, 0.25) is 0 Å². The molecule has 0 aromatic rings. The zero-order valence-corrected chi connectivity index (χ0v) is 4.82. The van der Waals surface area contributed by atoms with E-state index in [1.165, 1.54) is 5.75 Å². The molecule has 2 heteroatoms. The van der Waals surface area contributed by atoms with Gasteiger partial charge in [0.05, 0.1) is 5.55 Å². The first kappa shape index (κ1) is 6.58. The monoisotopic (exact) mass is 113 g/mol. The van der Waals surface area contributed by atoms with E-state index in [0.29, 0.717) is 0 Å². The average Bonchev–Trinajstić information content (AvgIpc) is 2.23. The molecule has 0 atom stereocenters. The second kappa shape index (κ2) is 5.58. The van der Waals surface area contributed by atoms with E-state index >= 15 is 0 Å². The van der Waals surface area contributed by atoms with Crippen molar-refractivity contribution in [1.29, 1.82) is 0 Å². The Balaban J connectivity index is 0.000000162. The molecule has 0 amide bonds. The van der Waals surface area contributed by atoms with Gasteiger partial charge in [0, 0.05) is 12.3 Å². The molecular formula is C5H7NS. The highest BCUT2D eigenvalue weighted by atomic mass is 32.2. The molecule has 1 heterocycles. The Bertz CT molecular complexity index is 69.4. The molecular weight excluding hydrogens is 106 g/mol. The van der Waals surface area contributed by atoms with Crippen LogP contribution in [0.3, 0.4) is 0 Å². The van der Waals surface area contributed by atoms with Crippen molar-refractivity contribution < 1.29 is 0 Å². The molecule has 0 aromatic carbocycles. The molecule has 0 radical (unpaired) electrons. The van der Waals surface area contributed by atoms with Crippen LogP contribution in [0.25, 0.3) is 0 Å². The third-order valence-corrected chi connectivity index (χ3v) is 1.20. The van der Waals surface area contributed by atoms with E-state index < -0.39 is 0 Å². The zero-order chi connectivity index (χ0) is 5.54. The summed E-state index contributed by atoms with van der Waals surface area (Å²) in [6.45, 7) is 1.03. The molecule has 7 heavy (non-hydrogen) atoms. The molecule has 0 unspecified atom stereocenters. The van der Waals surface area contributed by atoms with Crippen molar-refractivity contribution in [3.8, 4) is 12.8 Å². The summed E-state index contributed by atoms with van der Waals surface area (Å²) < 4.78 is 0. The smallest absolute Gasteiger partial charge is 0.0542 e. The minimum Gasteiger partial charge on any atom is -0.285 e. The number of aliphatic imine (C=N–C) groups is 1. The summed E-state index contributed by atoms with van der Waals surface area (Å²) in [5.74, 6) is 1.19. The Morgan fingerprint density at radius 1 is 1.57 bits per heavy atom. The summed E-state index contributed by atoms with van der Waals surface area (Å²) in [6, 6.07) is 0. The SMILES string of the molecule is C#C.C1=NCCS1. The van der Waals surface area contributed by atoms with E-state index in [1.54, 1.807) is 11.8 Å². The molecule has 0 saturated heterocycles. The highest BCUT2D eigenvalue weighted by molar-refractivity contribution is 8.12. The normalized spacial score (nSPS) is 15.1. The Morgan fingerprint density at radius 2 is 2.29 bits per heavy atom. The van der Waals surface area contributed by atoms with Crippen LogP contribution in [0.5, 0.6) is 0 Å². The van der Waals surface area contributed by atoms with Crippen LogP contribution in [0.2, 0.25) is 0 Å². The number of hydrogen-bond donors (Lipinski definition) is 0. The fourth-order valence-corrected chi connectivity index (χ4v) is 0.791. The molecule has 0 bridgehead atoms. The summed E-state index contributed by atoms with van der Waals surface area (Å²) in [4.78, 5) is 3.92. The lowest BCUT2D eigenvalue weighted by Gasteiger charge is -1.67. The predicted octanol–water partition coefficient (Wildman–Crippen LogP) is 1.01. The minimum atomic E-state index is 1.03. The van der Waals surface area contributed by atoms with Crippen LogP contribution >= 0.6 is 11.8 Å². The maximum absolute atomic E-state index is 4.00. The zero-order valence-electron chi connectivity index (χ0n) is 4.00. The van der Waals surface area contributed by atoms with Gasteiger partial charge in [0.1, 0.15) is 0 Å². The summed E-state index contributed by atoms with van der Waals surface area (Å²) in [5, 5.41) is 0. The van der Waals surface area contributed by atoms with E-state index in [1.807, 2.05) is 5.55 Å². The molecule has 1 aliphatic heterocycles. The van der Waals surface area contributed by atoms with Crippen molar-refractivity contribution in [1.82, 2.24) is 0 Å². The van der Waals surface area contributed by atoms with E-state index in [4.69, 9.17) is 0 Å². The summed E-state index contributed by atoms with van der Waals surface area (Å²) in [5.41, 5.74) is 1.90. The van der Waals surface area contributed by atoms with Gasteiger partial charge in [-0.1, -0.05) is 0 Å². The van der Waals surface area contributed by atoms with Crippen molar-refractivity contribution in [3.05, 3.63) is 0 Å². The van der Waals surface area contributed by atoms with E-state index in [2.05, 4.69) is 17.8 Å². The number of thioether (sulfide) groups is 1. The Labute approximate surface area is 48.2 Å². The number of hydrogen-bond acceptors (Lipinski definition) is 2. The van der Waals surface area contributed by atoms with Crippen LogP contribution in [0, 0.1) is 12.8 Å². The van der Waals surface area contributed by atoms with Crippen molar-refractivity contribution >= 4 is 17.3 Å². The fraction of sp³-hybridized carbons (Fsp3) is 0.400. The third-order valence-electron chi connectivity index (χ3n) is 0.487. The van der Waals surface area contributed by atoms with Crippen LogP contribution in [0.15, 0.2) is 4.99 Å². The molecule has 0 spiro atoms. The maximum atomic E-state index is 4.00. The van der Waals surface area contributed by atoms with E-state index in [-0.39, 0.29) is 0 Å². The van der Waals surface area contributed by atoms with Gasteiger partial charge in [-0.25, -0.2) is 0 Å². The quantitative estimate of drug-likeness (QED) is 0.427. The molecule has 1 aliphatic rings. The summed E-state index contributed by atoms with van der Waals surface area (Å²) >= 11 is 1.78. The van der Waals surface area contributed by atoms with Crippen LogP contribution < -0.4 is 0 Å². The summed E-state index contributed by atoms with van der Waals surface area (Å²) in [7, 11) is 0. The van der Waals surface area contributed by atoms with Gasteiger partial charge in [0.25, 0.3) is 0 Å². The Kier molecular flexibility index (Phi) is 5.25. The van der Waals surface area contributed by atoms with Gasteiger partial charge in [-0.15, -0.1) is 24.6 Å². The number of nitrogens with zero attached hydrogens (tertiary/aromatic N) is 1. The Hall–Kier alpha value is -0.420. The Morgan fingerprint density at radius 3 is 2.43 bits per heavy atom. The topological polar surface area (TPSA) is 12.4 Å². The van der Waals surface area contributed by atoms with Crippen LogP contribution in [-0.2, 0) is 0 Å². The minimum absolute atomic E-state index is 1.03. The maximum Gasteiger partial charge on any atom is 0.0542 e. The summed E-state index contributed by atoms with van der Waals surface area (Å²) in [6.07, 6.45) is 8.00. The molecule has 0 aliphatic carbocycles. The van der Waals surface area contributed by atoms with Crippen molar-refractivity contribution in [2.24, 2.45) is 4.99 Å². The lowest BCUT2D eigenvalue weighted by molar-refractivity contribution is 1.18. The highest BCUT2D eigenvalue weighted by Crippen LogP contribution is 1.99. The first-order chi connectivity index (χ1) is 3.50. The van der Waals surface area contributed by atoms with Gasteiger partial charge in [-0.3, -0.25) is 4.99 Å². The number of terminal acetylenes is 1. The highest BCUT2D eigenvalue weighted by Gasteiger charge is 1.86. The largest absolute Gasteiger partial charge is 0.285 e. The molecule has 38 valence electrons. The van der Waals surface area contributed by atoms with Gasteiger partial charge >= 0.3 is 0 Å². The van der Waals surface area contributed by atoms with Crippen molar-refractivity contribution in [2.45, 2.75) is 0 Å². The molecule has 0 saturated carbocycles. The standard InChI is InChI=1S/C3H5NS.C2H2/c1-2-5-3-4-1;1-2/h3H,1-2H2;1-2H. The molecule has 0 N–H and O–H groups in total. The second-order valence-electron chi connectivity index (χ2n) is 0.882. The van der Waals surface area contributed by atoms with Gasteiger partial charge in [0.15, 0.2) is 0 Å². The average molecular weight is 113 g/mol. The first-order valence-electron chi connectivity index (χ1n) is 1.93. The van der Waals surface area contributed by atoms with E-state index in [9.17, 15) is 0 Å². The van der Waals surface area contributed by atoms with Gasteiger partial charge in [-0.05, 0) is 0 Å². The molecule has 0 fully saturated rings. The molecule has 1 rings (SSSR count). The van der Waals surface area contributed by atoms with Crippen molar-refractivity contribution in [2.75, 3.05) is 12.3 Å². The van der Waals surface area contributed by atoms with E-state index in [0.717, 1.165) is 6.54 Å². The van der Waals surface area contributed by atoms with Crippen LogP contribution in [-0.4, -0.2) is 17.8 Å². The van der Waals surface area contributed by atoms with Gasteiger partial charge in [-0.2, -0.15) is 0 Å². The van der Waals surface area contributed by atoms with Gasteiger partial charge < -0.3 is 0 Å². The van der Waals surface area contributed by atoms with Crippen LogP contribution in [0.1, 0.15) is 0 Å². The fourth-order valence-electron chi connectivity index (χ4n) is 0.264. The van der Waals surface area contributed by atoms with Crippen LogP contribution in [0.4, 0.5) is 0 Å². The predicted molar refractivity (Wildman–Crippen MR) is 35.7 cm³/mol.